The number of benzene rings is 2. The molecule has 2 aromatic rings. The normalized spacial score (nSPS) is 12.0. The van der Waals surface area contributed by atoms with Crippen LogP contribution in [0.25, 0.3) is 0 Å². The number of hydrogen-bond donors (Lipinski definition) is 0. The molecule has 0 N–H and O–H groups in total. The molecule has 112 valence electrons. The molecule has 0 heterocycles. The van der Waals surface area contributed by atoms with Crippen LogP contribution < -0.4 is 9.64 Å². The lowest BCUT2D eigenvalue weighted by Gasteiger charge is -2.31. The number of ether oxygens (including phenoxy) is 1. The van der Waals surface area contributed by atoms with Crippen molar-refractivity contribution in [3.63, 3.8) is 0 Å². The molecule has 0 aliphatic rings. The summed E-state index contributed by atoms with van der Waals surface area (Å²) < 4.78 is 6.49. The van der Waals surface area contributed by atoms with Gasteiger partial charge in [-0.15, -0.1) is 0 Å². The first-order chi connectivity index (χ1) is 10.1. The molecule has 0 radical (unpaired) electrons. The van der Waals surface area contributed by atoms with Crippen LogP contribution in [0.15, 0.2) is 48.5 Å². The number of anilines is 1. The zero-order valence-corrected chi connectivity index (χ0v) is 15.0. The van der Waals surface area contributed by atoms with E-state index in [1.807, 2.05) is 12.1 Å². The average Bonchev–Trinajstić information content (AvgIpc) is 2.53. The largest absolute Gasteiger partial charge is 0.497 e. The Hall–Kier alpha value is -1.23. The second-order valence-corrected chi connectivity index (χ2v) is 6.46. The SMILES string of the molecule is CCC(C)N(Cc1ccc(OC)cc1)c1ccc(I)cc1. The Labute approximate surface area is 141 Å². The highest BCUT2D eigenvalue weighted by Crippen LogP contribution is 2.23. The van der Waals surface area contributed by atoms with E-state index < -0.39 is 0 Å². The van der Waals surface area contributed by atoms with Crippen molar-refractivity contribution < 1.29 is 4.74 Å². The number of methoxy groups -OCH3 is 1. The minimum absolute atomic E-state index is 0.507. The van der Waals surface area contributed by atoms with Crippen molar-refractivity contribution in [3.05, 3.63) is 57.7 Å². The van der Waals surface area contributed by atoms with Gasteiger partial charge in [0.05, 0.1) is 7.11 Å². The maximum absolute atomic E-state index is 5.23. The molecule has 1 unspecified atom stereocenters. The molecule has 2 nitrogen and oxygen atoms in total. The Balaban J connectivity index is 2.21. The lowest BCUT2D eigenvalue weighted by atomic mass is 10.1. The lowest BCUT2D eigenvalue weighted by molar-refractivity contribution is 0.414. The molecule has 3 heteroatoms. The third-order valence-electron chi connectivity index (χ3n) is 3.79. The van der Waals surface area contributed by atoms with E-state index in [0.717, 1.165) is 18.7 Å². The minimum Gasteiger partial charge on any atom is -0.497 e. The average molecular weight is 395 g/mol. The van der Waals surface area contributed by atoms with Crippen LogP contribution in [0.4, 0.5) is 5.69 Å². The molecule has 0 aliphatic carbocycles. The van der Waals surface area contributed by atoms with E-state index in [0.29, 0.717) is 6.04 Å². The zero-order chi connectivity index (χ0) is 15.2. The van der Waals surface area contributed by atoms with Crippen LogP contribution in [-0.4, -0.2) is 13.2 Å². The molecular weight excluding hydrogens is 373 g/mol. The van der Waals surface area contributed by atoms with Gasteiger partial charge in [0.2, 0.25) is 0 Å². The lowest BCUT2D eigenvalue weighted by Crippen LogP contribution is -2.31. The van der Waals surface area contributed by atoms with Gasteiger partial charge in [-0.25, -0.2) is 0 Å². The first-order valence-corrected chi connectivity index (χ1v) is 8.37. The third kappa shape index (κ3) is 4.37. The maximum Gasteiger partial charge on any atom is 0.118 e. The molecular formula is C18H22INO. The van der Waals surface area contributed by atoms with Crippen molar-refractivity contribution in [3.8, 4) is 5.75 Å². The third-order valence-corrected chi connectivity index (χ3v) is 4.51. The Kier molecular flexibility index (Phi) is 5.91. The highest BCUT2D eigenvalue weighted by atomic mass is 127. The molecule has 0 amide bonds. The predicted octanol–water partition coefficient (Wildman–Crippen LogP) is 5.10. The van der Waals surface area contributed by atoms with Crippen LogP contribution in [0.1, 0.15) is 25.8 Å². The molecule has 0 aromatic heterocycles. The van der Waals surface area contributed by atoms with Gasteiger partial charge < -0.3 is 9.64 Å². The summed E-state index contributed by atoms with van der Waals surface area (Å²) in [6.07, 6.45) is 1.13. The van der Waals surface area contributed by atoms with Gasteiger partial charge in [-0.1, -0.05) is 19.1 Å². The summed E-state index contributed by atoms with van der Waals surface area (Å²) in [5.41, 5.74) is 2.58. The van der Waals surface area contributed by atoms with Gasteiger partial charge in [-0.2, -0.15) is 0 Å². The molecule has 0 saturated carbocycles. The van der Waals surface area contributed by atoms with Crippen molar-refractivity contribution in [1.82, 2.24) is 0 Å². The fraction of sp³-hybridized carbons (Fsp3) is 0.333. The molecule has 2 aromatic carbocycles. The summed E-state index contributed by atoms with van der Waals surface area (Å²) >= 11 is 2.35. The molecule has 21 heavy (non-hydrogen) atoms. The summed E-state index contributed by atoms with van der Waals surface area (Å²) in [5.74, 6) is 0.906. The van der Waals surface area contributed by atoms with E-state index in [2.05, 4.69) is 77.7 Å². The summed E-state index contributed by atoms with van der Waals surface area (Å²) in [4.78, 5) is 2.46. The second-order valence-electron chi connectivity index (χ2n) is 5.21. The van der Waals surface area contributed by atoms with E-state index in [1.54, 1.807) is 7.11 Å². The Morgan fingerprint density at radius 3 is 2.19 bits per heavy atom. The van der Waals surface area contributed by atoms with Gasteiger partial charge in [0.25, 0.3) is 0 Å². The first-order valence-electron chi connectivity index (χ1n) is 7.29. The van der Waals surface area contributed by atoms with Gasteiger partial charge in [0.1, 0.15) is 5.75 Å². The first kappa shape index (κ1) is 16.1. The zero-order valence-electron chi connectivity index (χ0n) is 12.8. The van der Waals surface area contributed by atoms with E-state index >= 15 is 0 Å². The smallest absolute Gasteiger partial charge is 0.118 e. The van der Waals surface area contributed by atoms with Gasteiger partial charge >= 0.3 is 0 Å². The summed E-state index contributed by atoms with van der Waals surface area (Å²) in [7, 11) is 1.70. The Bertz CT molecular complexity index is 550. The van der Waals surface area contributed by atoms with Gasteiger partial charge in [0.15, 0.2) is 0 Å². The molecule has 2 rings (SSSR count). The van der Waals surface area contributed by atoms with Crippen LogP contribution >= 0.6 is 22.6 Å². The fourth-order valence-electron chi connectivity index (χ4n) is 2.28. The maximum atomic E-state index is 5.23. The summed E-state index contributed by atoms with van der Waals surface area (Å²) in [6, 6.07) is 17.6. The van der Waals surface area contributed by atoms with Crippen molar-refractivity contribution in [2.75, 3.05) is 12.0 Å². The van der Waals surface area contributed by atoms with Crippen LogP contribution in [0.5, 0.6) is 5.75 Å². The summed E-state index contributed by atoms with van der Waals surface area (Å²) in [5, 5.41) is 0. The Morgan fingerprint density at radius 1 is 1.05 bits per heavy atom. The number of rotatable bonds is 6. The van der Waals surface area contributed by atoms with E-state index in [-0.39, 0.29) is 0 Å². The van der Waals surface area contributed by atoms with E-state index in [1.165, 1.54) is 14.8 Å². The van der Waals surface area contributed by atoms with Gasteiger partial charge in [0, 0.05) is 21.8 Å². The second kappa shape index (κ2) is 7.69. The molecule has 0 saturated heterocycles. The molecule has 0 fully saturated rings. The van der Waals surface area contributed by atoms with Crippen LogP contribution in [0.3, 0.4) is 0 Å². The van der Waals surface area contributed by atoms with E-state index in [4.69, 9.17) is 4.74 Å². The number of hydrogen-bond acceptors (Lipinski definition) is 2. The van der Waals surface area contributed by atoms with Crippen LogP contribution in [-0.2, 0) is 6.54 Å². The minimum atomic E-state index is 0.507. The van der Waals surface area contributed by atoms with Crippen molar-refractivity contribution in [2.45, 2.75) is 32.9 Å². The highest BCUT2D eigenvalue weighted by Gasteiger charge is 2.13. The number of nitrogens with zero attached hydrogens (tertiary/aromatic N) is 1. The topological polar surface area (TPSA) is 12.5 Å². The molecule has 0 aliphatic heterocycles. The monoisotopic (exact) mass is 395 g/mol. The van der Waals surface area contributed by atoms with Crippen LogP contribution in [0, 0.1) is 3.57 Å². The Morgan fingerprint density at radius 2 is 1.67 bits per heavy atom. The van der Waals surface area contributed by atoms with Crippen LogP contribution in [0.2, 0.25) is 0 Å². The molecule has 0 bridgehead atoms. The number of halogens is 1. The molecule has 0 spiro atoms. The quantitative estimate of drug-likeness (QED) is 0.631. The summed E-state index contributed by atoms with van der Waals surface area (Å²) in [6.45, 7) is 5.43. The van der Waals surface area contributed by atoms with Crippen molar-refractivity contribution >= 4 is 28.3 Å². The fourth-order valence-corrected chi connectivity index (χ4v) is 2.64. The molecule has 1 atom stereocenters. The highest BCUT2D eigenvalue weighted by molar-refractivity contribution is 14.1. The predicted molar refractivity (Wildman–Crippen MR) is 98.1 cm³/mol. The standard InChI is InChI=1S/C18H22INO/c1-4-14(2)20(17-9-7-16(19)8-10-17)13-15-5-11-18(21-3)12-6-15/h5-12,14H,4,13H2,1-3H3. The van der Waals surface area contributed by atoms with E-state index in [9.17, 15) is 0 Å². The van der Waals surface area contributed by atoms with Crippen molar-refractivity contribution in [1.29, 1.82) is 0 Å². The van der Waals surface area contributed by atoms with Gasteiger partial charge in [-0.05, 0) is 77.9 Å². The van der Waals surface area contributed by atoms with Crippen molar-refractivity contribution in [2.24, 2.45) is 0 Å². The van der Waals surface area contributed by atoms with Gasteiger partial charge in [-0.3, -0.25) is 0 Å².